The smallest absolute Gasteiger partial charge is 0.351 e. The quantitative estimate of drug-likeness (QED) is 0.0662. The summed E-state index contributed by atoms with van der Waals surface area (Å²) in [5.41, 5.74) is 0. The zero-order chi connectivity index (χ0) is 46.5. The van der Waals surface area contributed by atoms with Gasteiger partial charge in [0.15, 0.2) is 0 Å². The Morgan fingerprint density at radius 2 is 0.621 bits per heavy atom. The Bertz CT molecular complexity index is 1250. The maximum atomic E-state index is 14.4. The monoisotopic (exact) mass is 916 g/mol. The number of unbranched alkanes of at least 4 members (excludes halogenated alkanes) is 1. The number of alkyl halides is 22. The summed E-state index contributed by atoms with van der Waals surface area (Å²) in [6, 6.07) is 0. The lowest BCUT2D eigenvalue weighted by atomic mass is 10.2. The van der Waals surface area contributed by atoms with Gasteiger partial charge in [-0.25, -0.2) is 9.47 Å². The van der Waals surface area contributed by atoms with Crippen LogP contribution in [0, 0.1) is 0 Å². The maximum absolute atomic E-state index is 14.4. The van der Waals surface area contributed by atoms with Crippen LogP contribution in [0.4, 0.5) is 96.6 Å². The van der Waals surface area contributed by atoms with Crippen molar-refractivity contribution in [2.75, 3.05) is 67.5 Å². The van der Waals surface area contributed by atoms with Crippen LogP contribution >= 0.6 is 0 Å². The number of nitrogens with zero attached hydrogens (tertiary/aromatic N) is 2. The van der Waals surface area contributed by atoms with Crippen LogP contribution in [0.1, 0.15) is 25.7 Å². The fourth-order valence-corrected chi connectivity index (χ4v) is 4.30. The fourth-order valence-electron chi connectivity index (χ4n) is 4.30. The van der Waals surface area contributed by atoms with Gasteiger partial charge < -0.3 is 19.6 Å². The number of halogens is 22. The van der Waals surface area contributed by atoms with E-state index in [1.54, 1.807) is 9.47 Å². The van der Waals surface area contributed by atoms with Crippen molar-refractivity contribution < 1.29 is 134 Å². The fraction of sp³-hybridized carbons (Fsp3) is 0.923. The molecule has 0 aliphatic rings. The number of rotatable bonds is 23. The number of hydrogen-bond acceptors (Lipinski definition) is 6. The molecule has 0 bridgehead atoms. The predicted octanol–water partition coefficient (Wildman–Crippen LogP) is 6.87. The van der Waals surface area contributed by atoms with Crippen molar-refractivity contribution in [3.63, 3.8) is 0 Å². The first-order valence-corrected chi connectivity index (χ1v) is 15.5. The van der Waals surface area contributed by atoms with Crippen molar-refractivity contribution in [2.24, 2.45) is 0 Å². The summed E-state index contributed by atoms with van der Waals surface area (Å²) < 4.78 is 294. The van der Waals surface area contributed by atoms with E-state index in [2.05, 4.69) is 9.47 Å². The van der Waals surface area contributed by atoms with Crippen LogP contribution in [-0.2, 0) is 28.5 Å². The molecule has 0 aliphatic carbocycles. The first kappa shape index (κ1) is 55.2. The molecule has 2 unspecified atom stereocenters. The van der Waals surface area contributed by atoms with E-state index in [-0.39, 0.29) is 48.0 Å². The molecular formula is C26H34F22N4O6+2. The minimum absolute atomic E-state index is 0.0233. The third-order valence-corrected chi connectivity index (χ3v) is 7.24. The Balaban J connectivity index is 5.11. The van der Waals surface area contributed by atoms with E-state index in [1.165, 1.54) is 28.2 Å². The van der Waals surface area contributed by atoms with Crippen LogP contribution in [0.5, 0.6) is 0 Å². The van der Waals surface area contributed by atoms with Gasteiger partial charge >= 0.3 is 61.2 Å². The van der Waals surface area contributed by atoms with Crippen LogP contribution in [0.3, 0.4) is 0 Å². The molecule has 2 N–H and O–H groups in total. The average molecular weight is 917 g/mol. The number of carbonyl (C=O) groups excluding carboxylic acids is 2. The first-order valence-electron chi connectivity index (χ1n) is 15.5. The summed E-state index contributed by atoms with van der Waals surface area (Å²) in [5.74, 6) is -18.9. The topological polar surface area (TPSA) is 95.1 Å². The zero-order valence-corrected chi connectivity index (χ0v) is 29.7. The molecule has 0 aromatic carbocycles. The van der Waals surface area contributed by atoms with E-state index in [4.69, 9.17) is 0 Å². The SMILES string of the molecule is C[N+](C)(CCCC[N+](C)(C)CCCNC(=O)C(F)(OC(F)(F)C(F)(F)OC(F)(F)F)C(F)(F)F)CCCNC(=O)C(F)(OC(F)(F)C(F)(F)OC(F)(F)F)C(F)(F)F. The zero-order valence-electron chi connectivity index (χ0n) is 29.7. The maximum Gasteiger partial charge on any atom is 0.527 e. The summed E-state index contributed by atoms with van der Waals surface area (Å²) in [7, 11) is 6.01. The molecule has 0 aromatic rings. The Hall–Kier alpha value is -2.84. The highest BCUT2D eigenvalue weighted by Gasteiger charge is 2.76. The highest BCUT2D eigenvalue weighted by molar-refractivity contribution is 5.85. The van der Waals surface area contributed by atoms with Crippen LogP contribution in [-0.4, -0.2) is 149 Å². The molecule has 0 spiro atoms. The minimum Gasteiger partial charge on any atom is -0.351 e. The lowest BCUT2D eigenvalue weighted by Gasteiger charge is -2.34. The number of carbonyl (C=O) groups is 2. The van der Waals surface area contributed by atoms with Crippen molar-refractivity contribution in [1.82, 2.24) is 10.6 Å². The van der Waals surface area contributed by atoms with E-state index in [9.17, 15) is 106 Å². The standard InChI is InChI=1S/C26H32F22N4O6/c1-51(2,13-7-9-49-15(53)17(27,19(29,30)31)55-21(35,36)23(39,40)57-25(43,44)45)11-5-6-12-52(3,4)14-8-10-50-16(54)18(28,20(32,33)34)56-22(37,38)24(41,42)58-26(46,47)48/h5-14H2,1-4H3/p+2. The number of quaternary nitrogens is 2. The molecule has 10 nitrogen and oxygen atoms in total. The van der Waals surface area contributed by atoms with Crippen molar-refractivity contribution in [3.8, 4) is 0 Å². The molecule has 346 valence electrons. The summed E-state index contributed by atoms with van der Waals surface area (Å²) in [5, 5.41) is 2.31. The second-order valence-electron chi connectivity index (χ2n) is 13.2. The Labute approximate surface area is 311 Å². The van der Waals surface area contributed by atoms with Gasteiger partial charge in [0, 0.05) is 38.8 Å². The highest BCUT2D eigenvalue weighted by atomic mass is 19.4. The molecule has 0 aliphatic heterocycles. The van der Waals surface area contributed by atoms with E-state index >= 15 is 0 Å². The lowest BCUT2D eigenvalue weighted by molar-refractivity contribution is -0.896. The van der Waals surface area contributed by atoms with Crippen LogP contribution in [0.25, 0.3) is 0 Å². The van der Waals surface area contributed by atoms with Gasteiger partial charge in [0.2, 0.25) is 0 Å². The van der Waals surface area contributed by atoms with Gasteiger partial charge in [-0.2, -0.15) is 70.2 Å². The summed E-state index contributed by atoms with van der Waals surface area (Å²) in [6.45, 7) is -1.61. The molecular weight excluding hydrogens is 882 g/mol. The normalized spacial score (nSPS) is 16.8. The largest absolute Gasteiger partial charge is 0.527 e. The first-order chi connectivity index (χ1) is 25.3. The Morgan fingerprint density at radius 3 is 0.845 bits per heavy atom. The molecule has 0 fully saturated rings. The van der Waals surface area contributed by atoms with Gasteiger partial charge in [-0.15, -0.1) is 26.3 Å². The van der Waals surface area contributed by atoms with Gasteiger partial charge in [0.1, 0.15) is 0 Å². The second-order valence-corrected chi connectivity index (χ2v) is 13.2. The minimum atomic E-state index is -7.00. The lowest BCUT2D eigenvalue weighted by Crippen LogP contribution is -2.62. The molecule has 0 rings (SSSR count). The van der Waals surface area contributed by atoms with Gasteiger partial charge in [-0.1, -0.05) is 0 Å². The Morgan fingerprint density at radius 1 is 0.397 bits per heavy atom. The predicted molar refractivity (Wildman–Crippen MR) is 144 cm³/mol. The van der Waals surface area contributed by atoms with E-state index in [1.807, 2.05) is 0 Å². The molecule has 58 heavy (non-hydrogen) atoms. The third kappa shape index (κ3) is 16.3. The molecule has 0 heterocycles. The average Bonchev–Trinajstić information content (AvgIpc) is 2.95. The molecule has 0 radical (unpaired) electrons. The number of amides is 2. The van der Waals surface area contributed by atoms with Crippen molar-refractivity contribution in [1.29, 1.82) is 0 Å². The van der Waals surface area contributed by atoms with Crippen molar-refractivity contribution in [2.45, 2.75) is 86.9 Å². The molecule has 2 atom stereocenters. The second kappa shape index (κ2) is 18.4. The van der Waals surface area contributed by atoms with Gasteiger partial charge in [0.25, 0.3) is 11.8 Å². The molecule has 0 aromatic heterocycles. The summed E-state index contributed by atoms with van der Waals surface area (Å²) >= 11 is 0. The highest BCUT2D eigenvalue weighted by Crippen LogP contribution is 2.48. The number of nitrogens with one attached hydrogen (secondary N) is 2. The van der Waals surface area contributed by atoms with Gasteiger partial charge in [-0.3, -0.25) is 19.1 Å². The van der Waals surface area contributed by atoms with E-state index in [0.717, 1.165) is 10.6 Å². The summed E-state index contributed by atoms with van der Waals surface area (Å²) in [4.78, 5) is 23.6. The molecule has 0 saturated carbocycles. The molecule has 0 saturated heterocycles. The van der Waals surface area contributed by atoms with Crippen LogP contribution in [0.2, 0.25) is 0 Å². The van der Waals surface area contributed by atoms with Crippen LogP contribution < -0.4 is 10.6 Å². The van der Waals surface area contributed by atoms with Gasteiger partial charge in [-0.05, 0) is 0 Å². The van der Waals surface area contributed by atoms with Crippen LogP contribution in [0.15, 0.2) is 0 Å². The summed E-state index contributed by atoms with van der Waals surface area (Å²) in [6.07, 6.45) is -54.8. The molecule has 2 amide bonds. The van der Waals surface area contributed by atoms with Crippen molar-refractivity contribution >= 4 is 11.8 Å². The number of ether oxygens (including phenoxy) is 4. The van der Waals surface area contributed by atoms with E-state index in [0.29, 0.717) is 12.8 Å². The van der Waals surface area contributed by atoms with E-state index < -0.39 is 86.1 Å². The Kier molecular flexibility index (Phi) is 17.5. The van der Waals surface area contributed by atoms with Gasteiger partial charge in [0.05, 0.1) is 54.4 Å². The van der Waals surface area contributed by atoms with Crippen molar-refractivity contribution in [3.05, 3.63) is 0 Å². The third-order valence-electron chi connectivity index (χ3n) is 7.24. The molecule has 32 heteroatoms. The number of hydrogen-bond donors (Lipinski definition) is 2.